The van der Waals surface area contributed by atoms with Crippen molar-refractivity contribution in [1.82, 2.24) is 0 Å². The summed E-state index contributed by atoms with van der Waals surface area (Å²) in [6, 6.07) is 18.8. The van der Waals surface area contributed by atoms with Gasteiger partial charge in [-0.15, -0.1) is 0 Å². The van der Waals surface area contributed by atoms with E-state index in [2.05, 4.69) is 0 Å². The average molecular weight is 280 g/mol. The van der Waals surface area contributed by atoms with E-state index in [9.17, 15) is 0 Å². The highest BCUT2D eigenvalue weighted by atomic mass is 16.4. The lowest BCUT2D eigenvalue weighted by atomic mass is 9.88. The molecule has 0 unspecified atom stereocenters. The SMILES string of the molecule is OB(O)c1cc2ccccc2o1.c1ccc2occc2c1. The van der Waals surface area contributed by atoms with E-state index >= 15 is 0 Å². The van der Waals surface area contributed by atoms with E-state index in [1.165, 1.54) is 0 Å². The molecule has 0 amide bonds. The van der Waals surface area contributed by atoms with Crippen molar-refractivity contribution in [2.75, 3.05) is 0 Å². The van der Waals surface area contributed by atoms with Crippen molar-refractivity contribution in [2.24, 2.45) is 0 Å². The molecule has 0 fully saturated rings. The van der Waals surface area contributed by atoms with Gasteiger partial charge in [0.2, 0.25) is 0 Å². The van der Waals surface area contributed by atoms with Crippen LogP contribution >= 0.6 is 0 Å². The second kappa shape index (κ2) is 5.87. The highest BCUT2D eigenvalue weighted by Gasteiger charge is 2.16. The van der Waals surface area contributed by atoms with Gasteiger partial charge in [-0.25, -0.2) is 0 Å². The molecule has 0 aliphatic carbocycles. The van der Waals surface area contributed by atoms with Crippen molar-refractivity contribution in [1.29, 1.82) is 0 Å². The molecule has 4 rings (SSSR count). The molecule has 2 N–H and O–H groups in total. The van der Waals surface area contributed by atoms with E-state index in [0.717, 1.165) is 16.4 Å². The van der Waals surface area contributed by atoms with Gasteiger partial charge in [-0.05, 0) is 24.3 Å². The second-order valence-electron chi connectivity index (χ2n) is 4.52. The molecule has 0 aliphatic rings. The van der Waals surface area contributed by atoms with E-state index < -0.39 is 7.12 Å². The van der Waals surface area contributed by atoms with Crippen LogP contribution in [0.2, 0.25) is 0 Å². The van der Waals surface area contributed by atoms with E-state index in [0.29, 0.717) is 5.58 Å². The summed E-state index contributed by atoms with van der Waals surface area (Å²) in [5, 5.41) is 19.6. The summed E-state index contributed by atoms with van der Waals surface area (Å²) in [7, 11) is -1.53. The van der Waals surface area contributed by atoms with Crippen LogP contribution in [0, 0.1) is 0 Å². The minimum atomic E-state index is -1.53. The molecule has 0 atom stereocenters. The van der Waals surface area contributed by atoms with Gasteiger partial charge >= 0.3 is 7.12 Å². The first-order valence-corrected chi connectivity index (χ1v) is 6.51. The van der Waals surface area contributed by atoms with E-state index in [4.69, 9.17) is 18.9 Å². The third-order valence-corrected chi connectivity index (χ3v) is 3.06. The molecule has 5 heteroatoms. The summed E-state index contributed by atoms with van der Waals surface area (Å²) in [4.78, 5) is 0. The lowest BCUT2D eigenvalue weighted by Crippen LogP contribution is -2.27. The van der Waals surface area contributed by atoms with Crippen LogP contribution < -0.4 is 5.66 Å². The standard InChI is InChI=1S/C8H7BO3.C8H6O/c10-9(11)8-5-6-3-1-2-4-7(6)12-8;1-2-4-8-7(3-1)5-6-9-8/h1-5,10-11H;1-6H. The molecular formula is C16H13BO4. The Kier molecular flexibility index (Phi) is 3.77. The van der Waals surface area contributed by atoms with Gasteiger partial charge in [-0.2, -0.15) is 0 Å². The number of hydrogen-bond donors (Lipinski definition) is 2. The molecule has 0 aliphatic heterocycles. The summed E-state index contributed by atoms with van der Waals surface area (Å²) in [5.41, 5.74) is 1.80. The third-order valence-electron chi connectivity index (χ3n) is 3.06. The lowest BCUT2D eigenvalue weighted by molar-refractivity contribution is 0.412. The lowest BCUT2D eigenvalue weighted by Gasteiger charge is -1.88. The molecule has 2 heterocycles. The largest absolute Gasteiger partial charge is 0.526 e. The van der Waals surface area contributed by atoms with Crippen LogP contribution in [0.4, 0.5) is 0 Å². The van der Waals surface area contributed by atoms with Gasteiger partial charge in [0.15, 0.2) is 0 Å². The molecule has 2 aromatic heterocycles. The van der Waals surface area contributed by atoms with Gasteiger partial charge < -0.3 is 18.9 Å². The minimum absolute atomic E-state index is 0.177. The van der Waals surface area contributed by atoms with Crippen LogP contribution in [-0.4, -0.2) is 17.2 Å². The van der Waals surface area contributed by atoms with Crippen molar-refractivity contribution in [3.8, 4) is 0 Å². The topological polar surface area (TPSA) is 66.7 Å². The molecule has 4 nitrogen and oxygen atoms in total. The first-order chi connectivity index (χ1) is 10.2. The van der Waals surface area contributed by atoms with Crippen molar-refractivity contribution in [3.05, 3.63) is 66.9 Å². The predicted octanol–water partition coefficient (Wildman–Crippen LogP) is 2.55. The van der Waals surface area contributed by atoms with E-state index in [1.54, 1.807) is 18.4 Å². The minimum Gasteiger partial charge on any atom is -0.465 e. The smallest absolute Gasteiger partial charge is 0.465 e. The van der Waals surface area contributed by atoms with Crippen molar-refractivity contribution < 1.29 is 18.9 Å². The van der Waals surface area contributed by atoms with Gasteiger partial charge in [-0.3, -0.25) is 0 Å². The molecule has 0 radical (unpaired) electrons. The monoisotopic (exact) mass is 280 g/mol. The fourth-order valence-corrected chi connectivity index (χ4v) is 2.04. The van der Waals surface area contributed by atoms with Crippen molar-refractivity contribution in [3.63, 3.8) is 0 Å². The van der Waals surface area contributed by atoms with Gasteiger partial charge in [0, 0.05) is 10.8 Å². The number of rotatable bonds is 1. The average Bonchev–Trinajstić information content (AvgIpc) is 3.14. The maximum atomic E-state index is 8.79. The molecule has 0 bridgehead atoms. The zero-order valence-corrected chi connectivity index (χ0v) is 11.1. The highest BCUT2D eigenvalue weighted by Crippen LogP contribution is 2.13. The summed E-state index contributed by atoms with van der Waals surface area (Å²) >= 11 is 0. The summed E-state index contributed by atoms with van der Waals surface area (Å²) in [6.45, 7) is 0. The Hall–Kier alpha value is -2.50. The number of fused-ring (bicyclic) bond motifs is 2. The van der Waals surface area contributed by atoms with Crippen LogP contribution in [-0.2, 0) is 0 Å². The molecule has 21 heavy (non-hydrogen) atoms. The predicted molar refractivity (Wildman–Crippen MR) is 82.3 cm³/mol. The zero-order chi connectivity index (χ0) is 14.7. The van der Waals surface area contributed by atoms with E-state index in [1.807, 2.05) is 48.5 Å². The fraction of sp³-hybridized carbons (Fsp3) is 0. The maximum Gasteiger partial charge on any atom is 0.526 e. The normalized spacial score (nSPS) is 10.4. The van der Waals surface area contributed by atoms with Crippen molar-refractivity contribution >= 4 is 34.7 Å². The first-order valence-electron chi connectivity index (χ1n) is 6.51. The van der Waals surface area contributed by atoms with Crippen molar-refractivity contribution in [2.45, 2.75) is 0 Å². The highest BCUT2D eigenvalue weighted by molar-refractivity contribution is 6.57. The Morgan fingerprint density at radius 2 is 1.43 bits per heavy atom. The van der Waals surface area contributed by atoms with Gasteiger partial charge in [0.05, 0.1) is 6.26 Å². The number of para-hydroxylation sites is 2. The number of hydrogen-bond acceptors (Lipinski definition) is 4. The van der Waals surface area contributed by atoms with Gasteiger partial charge in [0.25, 0.3) is 0 Å². The van der Waals surface area contributed by atoms with Gasteiger partial charge in [0.1, 0.15) is 16.8 Å². The Morgan fingerprint density at radius 3 is 2.10 bits per heavy atom. The molecule has 0 saturated heterocycles. The fourth-order valence-electron chi connectivity index (χ4n) is 2.04. The molecule has 0 spiro atoms. The summed E-state index contributed by atoms with van der Waals surface area (Å²) in [6.07, 6.45) is 1.70. The Balaban J connectivity index is 0.000000131. The Morgan fingerprint density at radius 1 is 0.762 bits per heavy atom. The first kappa shape index (κ1) is 13.5. The van der Waals surface area contributed by atoms with Crippen LogP contribution in [0.15, 0.2) is 75.8 Å². The molecular weight excluding hydrogens is 267 g/mol. The zero-order valence-electron chi connectivity index (χ0n) is 11.1. The molecule has 2 aromatic carbocycles. The second-order valence-corrected chi connectivity index (χ2v) is 4.52. The summed E-state index contributed by atoms with van der Waals surface area (Å²) < 4.78 is 10.2. The third kappa shape index (κ3) is 2.99. The summed E-state index contributed by atoms with van der Waals surface area (Å²) in [5.74, 6) is 0. The maximum absolute atomic E-state index is 8.79. The van der Waals surface area contributed by atoms with Gasteiger partial charge in [-0.1, -0.05) is 36.4 Å². The number of furan rings is 2. The quantitative estimate of drug-likeness (QED) is 0.526. The Labute approximate surface area is 121 Å². The molecule has 4 aromatic rings. The van der Waals surface area contributed by atoms with Crippen LogP contribution in [0.1, 0.15) is 0 Å². The van der Waals surface area contributed by atoms with E-state index in [-0.39, 0.29) is 5.66 Å². The van der Waals surface area contributed by atoms with Crippen LogP contribution in [0.3, 0.4) is 0 Å². The van der Waals surface area contributed by atoms with Crippen LogP contribution in [0.5, 0.6) is 0 Å². The Bertz CT molecular complexity index is 784. The molecule has 0 saturated carbocycles. The molecule has 104 valence electrons. The van der Waals surface area contributed by atoms with Crippen LogP contribution in [0.25, 0.3) is 21.9 Å². The number of benzene rings is 2.